The minimum atomic E-state index is -0.318. The van der Waals surface area contributed by atoms with Crippen molar-refractivity contribution in [1.82, 2.24) is 4.90 Å². The molecule has 0 spiro atoms. The molecule has 2 N–H and O–H groups in total. The molecule has 2 atom stereocenters. The Morgan fingerprint density at radius 3 is 2.63 bits per heavy atom. The van der Waals surface area contributed by atoms with Crippen LogP contribution in [0.15, 0.2) is 0 Å². The van der Waals surface area contributed by atoms with Crippen molar-refractivity contribution in [3.8, 4) is 0 Å². The van der Waals surface area contributed by atoms with Crippen LogP contribution in [0.25, 0.3) is 0 Å². The summed E-state index contributed by atoms with van der Waals surface area (Å²) < 4.78 is 5.34. The number of carbonyl (C=O) groups excluding carboxylic acids is 1. The molecule has 19 heavy (non-hydrogen) atoms. The Bertz CT molecular complexity index is 301. The van der Waals surface area contributed by atoms with Gasteiger partial charge in [-0.25, -0.2) is 0 Å². The van der Waals surface area contributed by atoms with Crippen LogP contribution in [0.5, 0.6) is 0 Å². The standard InChI is InChI=1S/C15H28N2O2/c1-11(2)9-12-3-6-17(10-12)15(18)14(16)13-4-7-19-8-5-13/h11-14H,3-10,16H2,1-2H3. The second kappa shape index (κ2) is 6.71. The van der Waals surface area contributed by atoms with Gasteiger partial charge in [0.2, 0.25) is 5.91 Å². The molecule has 2 fully saturated rings. The fraction of sp³-hybridized carbons (Fsp3) is 0.933. The molecule has 0 saturated carbocycles. The van der Waals surface area contributed by atoms with E-state index in [1.165, 1.54) is 6.42 Å². The molecule has 2 aliphatic heterocycles. The Morgan fingerprint density at radius 2 is 2.00 bits per heavy atom. The van der Waals surface area contributed by atoms with Gasteiger partial charge in [-0.15, -0.1) is 0 Å². The van der Waals surface area contributed by atoms with Crippen molar-refractivity contribution < 1.29 is 9.53 Å². The van der Waals surface area contributed by atoms with Gasteiger partial charge in [-0.2, -0.15) is 0 Å². The number of carbonyl (C=O) groups is 1. The van der Waals surface area contributed by atoms with Gasteiger partial charge in [0, 0.05) is 26.3 Å². The van der Waals surface area contributed by atoms with E-state index in [1.807, 2.05) is 4.90 Å². The highest BCUT2D eigenvalue weighted by atomic mass is 16.5. The summed E-state index contributed by atoms with van der Waals surface area (Å²) in [5.74, 6) is 1.86. The number of amides is 1. The third-order valence-electron chi connectivity index (χ3n) is 4.46. The highest BCUT2D eigenvalue weighted by molar-refractivity contribution is 5.82. The molecule has 0 bridgehead atoms. The molecular formula is C15H28N2O2. The van der Waals surface area contributed by atoms with Gasteiger partial charge in [0.25, 0.3) is 0 Å². The lowest BCUT2D eigenvalue weighted by Gasteiger charge is -2.29. The van der Waals surface area contributed by atoms with Gasteiger partial charge in [-0.05, 0) is 43.4 Å². The predicted octanol–water partition coefficient (Wildman–Crippen LogP) is 1.63. The van der Waals surface area contributed by atoms with Crippen LogP contribution < -0.4 is 5.73 Å². The Morgan fingerprint density at radius 1 is 1.32 bits per heavy atom. The van der Waals surface area contributed by atoms with Crippen molar-refractivity contribution in [3.63, 3.8) is 0 Å². The van der Waals surface area contributed by atoms with E-state index in [-0.39, 0.29) is 11.9 Å². The lowest BCUT2D eigenvalue weighted by molar-refractivity contribution is -0.133. The maximum absolute atomic E-state index is 12.4. The van der Waals surface area contributed by atoms with Crippen LogP contribution in [0.2, 0.25) is 0 Å². The minimum Gasteiger partial charge on any atom is -0.381 e. The van der Waals surface area contributed by atoms with Crippen molar-refractivity contribution in [2.45, 2.75) is 45.6 Å². The van der Waals surface area contributed by atoms with E-state index in [4.69, 9.17) is 10.5 Å². The second-order valence-electron chi connectivity index (χ2n) is 6.54. The van der Waals surface area contributed by atoms with Crippen molar-refractivity contribution in [3.05, 3.63) is 0 Å². The molecule has 2 heterocycles. The maximum atomic E-state index is 12.4. The second-order valence-corrected chi connectivity index (χ2v) is 6.54. The Labute approximate surface area is 116 Å². The summed E-state index contributed by atoms with van der Waals surface area (Å²) in [5, 5.41) is 0. The van der Waals surface area contributed by atoms with Gasteiger partial charge < -0.3 is 15.4 Å². The molecule has 0 aromatic carbocycles. The van der Waals surface area contributed by atoms with E-state index < -0.39 is 0 Å². The van der Waals surface area contributed by atoms with Crippen molar-refractivity contribution in [2.24, 2.45) is 23.5 Å². The number of likely N-dealkylation sites (tertiary alicyclic amines) is 1. The Balaban J connectivity index is 1.82. The normalized spacial score (nSPS) is 26.9. The maximum Gasteiger partial charge on any atom is 0.239 e. The fourth-order valence-corrected chi connectivity index (χ4v) is 3.38. The molecule has 0 aromatic heterocycles. The first-order valence-corrected chi connectivity index (χ1v) is 7.70. The van der Waals surface area contributed by atoms with Crippen LogP contribution in [0, 0.1) is 17.8 Å². The summed E-state index contributed by atoms with van der Waals surface area (Å²) in [6.45, 7) is 7.81. The largest absolute Gasteiger partial charge is 0.381 e. The van der Waals surface area contributed by atoms with E-state index in [1.54, 1.807) is 0 Å². The number of hydrogen-bond acceptors (Lipinski definition) is 3. The van der Waals surface area contributed by atoms with Crippen LogP contribution in [-0.2, 0) is 9.53 Å². The number of nitrogens with two attached hydrogens (primary N) is 1. The molecule has 2 saturated heterocycles. The van der Waals surface area contributed by atoms with Gasteiger partial charge in [0.1, 0.15) is 0 Å². The molecule has 2 aliphatic rings. The van der Waals surface area contributed by atoms with Crippen molar-refractivity contribution in [2.75, 3.05) is 26.3 Å². The summed E-state index contributed by atoms with van der Waals surface area (Å²) >= 11 is 0. The van der Waals surface area contributed by atoms with Crippen LogP contribution in [0.1, 0.15) is 39.5 Å². The molecule has 0 radical (unpaired) electrons. The van der Waals surface area contributed by atoms with Crippen LogP contribution in [0.4, 0.5) is 0 Å². The highest BCUT2D eigenvalue weighted by Gasteiger charge is 2.33. The molecule has 1 amide bonds. The van der Waals surface area contributed by atoms with Gasteiger partial charge in [-0.3, -0.25) is 4.79 Å². The van der Waals surface area contributed by atoms with E-state index in [2.05, 4.69) is 13.8 Å². The lowest BCUT2D eigenvalue weighted by Crippen LogP contribution is -2.48. The first-order chi connectivity index (χ1) is 9.08. The number of rotatable bonds is 4. The van der Waals surface area contributed by atoms with E-state index in [0.29, 0.717) is 17.8 Å². The third kappa shape index (κ3) is 3.93. The van der Waals surface area contributed by atoms with Gasteiger partial charge in [0.05, 0.1) is 6.04 Å². The molecule has 0 aromatic rings. The zero-order valence-corrected chi connectivity index (χ0v) is 12.3. The Kier molecular flexibility index (Phi) is 5.22. The quantitative estimate of drug-likeness (QED) is 0.843. The van der Waals surface area contributed by atoms with Crippen LogP contribution in [0.3, 0.4) is 0 Å². The Hall–Kier alpha value is -0.610. The number of ether oxygens (including phenoxy) is 1. The lowest BCUT2D eigenvalue weighted by atomic mass is 9.91. The number of nitrogens with zero attached hydrogens (tertiary/aromatic N) is 1. The molecular weight excluding hydrogens is 240 g/mol. The predicted molar refractivity (Wildman–Crippen MR) is 75.7 cm³/mol. The summed E-state index contributed by atoms with van der Waals surface area (Å²) in [5.41, 5.74) is 6.17. The molecule has 4 heteroatoms. The fourth-order valence-electron chi connectivity index (χ4n) is 3.38. The molecule has 2 rings (SSSR count). The smallest absolute Gasteiger partial charge is 0.239 e. The van der Waals surface area contributed by atoms with Gasteiger partial charge >= 0.3 is 0 Å². The van der Waals surface area contributed by atoms with E-state index in [0.717, 1.165) is 45.6 Å². The average Bonchev–Trinajstić information content (AvgIpc) is 2.85. The third-order valence-corrected chi connectivity index (χ3v) is 4.46. The minimum absolute atomic E-state index is 0.165. The first-order valence-electron chi connectivity index (χ1n) is 7.70. The van der Waals surface area contributed by atoms with E-state index in [9.17, 15) is 4.79 Å². The SMILES string of the molecule is CC(C)CC1CCN(C(=O)C(N)C2CCOCC2)C1. The summed E-state index contributed by atoms with van der Waals surface area (Å²) in [6.07, 6.45) is 4.22. The number of hydrogen-bond donors (Lipinski definition) is 1. The first kappa shape index (κ1) is 14.8. The van der Waals surface area contributed by atoms with Crippen LogP contribution in [-0.4, -0.2) is 43.2 Å². The molecule has 4 nitrogen and oxygen atoms in total. The van der Waals surface area contributed by atoms with Crippen molar-refractivity contribution >= 4 is 5.91 Å². The summed E-state index contributed by atoms with van der Waals surface area (Å²) in [4.78, 5) is 14.4. The zero-order chi connectivity index (χ0) is 13.8. The van der Waals surface area contributed by atoms with Gasteiger partial charge in [0.15, 0.2) is 0 Å². The van der Waals surface area contributed by atoms with Gasteiger partial charge in [-0.1, -0.05) is 13.8 Å². The van der Waals surface area contributed by atoms with Crippen molar-refractivity contribution in [1.29, 1.82) is 0 Å². The highest BCUT2D eigenvalue weighted by Crippen LogP contribution is 2.25. The zero-order valence-electron chi connectivity index (χ0n) is 12.3. The van der Waals surface area contributed by atoms with E-state index >= 15 is 0 Å². The summed E-state index contributed by atoms with van der Waals surface area (Å²) in [7, 11) is 0. The summed E-state index contributed by atoms with van der Waals surface area (Å²) in [6, 6.07) is -0.318. The monoisotopic (exact) mass is 268 g/mol. The molecule has 2 unspecified atom stereocenters. The van der Waals surface area contributed by atoms with Crippen LogP contribution >= 0.6 is 0 Å². The average molecular weight is 268 g/mol. The molecule has 110 valence electrons. The topological polar surface area (TPSA) is 55.6 Å². The molecule has 0 aliphatic carbocycles.